The van der Waals surface area contributed by atoms with Gasteiger partial charge in [-0.3, -0.25) is 19.3 Å². The van der Waals surface area contributed by atoms with Gasteiger partial charge in [-0.1, -0.05) is 18.2 Å². The predicted octanol–water partition coefficient (Wildman–Crippen LogP) is 4.71. The van der Waals surface area contributed by atoms with Crippen molar-refractivity contribution in [2.24, 2.45) is 0 Å². The Morgan fingerprint density at radius 2 is 1.70 bits per heavy atom. The Balaban J connectivity index is 1.23. The van der Waals surface area contributed by atoms with E-state index >= 15 is 0 Å². The molecule has 0 atom stereocenters. The highest BCUT2D eigenvalue weighted by atomic mass is 19.4. The molecule has 0 spiro atoms. The highest BCUT2D eigenvalue weighted by Gasteiger charge is 2.34. The molecule has 224 valence electrons. The molecule has 1 aliphatic heterocycles. The van der Waals surface area contributed by atoms with E-state index in [9.17, 15) is 27.6 Å². The number of anilines is 1. The van der Waals surface area contributed by atoms with Crippen LogP contribution in [0, 0.1) is 0 Å². The minimum Gasteiger partial charge on any atom is -0.348 e. The van der Waals surface area contributed by atoms with Gasteiger partial charge in [0.25, 0.3) is 11.8 Å². The molecule has 4 aromatic rings. The van der Waals surface area contributed by atoms with Gasteiger partial charge in [0.05, 0.1) is 23.1 Å². The number of H-pyrrole nitrogens is 1. The van der Waals surface area contributed by atoms with Gasteiger partial charge >= 0.3 is 6.18 Å². The molecule has 0 saturated carbocycles. The number of alkyl halides is 3. The lowest BCUT2D eigenvalue weighted by Gasteiger charge is -2.33. The van der Waals surface area contributed by atoms with Gasteiger partial charge in [-0.05, 0) is 54.6 Å². The molecular weight excluding hydrogens is 561 g/mol. The van der Waals surface area contributed by atoms with Crippen molar-refractivity contribution in [2.45, 2.75) is 26.2 Å². The summed E-state index contributed by atoms with van der Waals surface area (Å²) in [6, 6.07) is 13.6. The molecule has 0 radical (unpaired) electrons. The highest BCUT2D eigenvalue weighted by Crippen LogP contribution is 2.33. The fourth-order valence-electron chi connectivity index (χ4n) is 4.95. The van der Waals surface area contributed by atoms with Gasteiger partial charge in [0.15, 0.2) is 5.78 Å². The molecule has 0 unspecified atom stereocenters. The van der Waals surface area contributed by atoms with Gasteiger partial charge < -0.3 is 20.5 Å². The van der Waals surface area contributed by atoms with Crippen LogP contribution in [-0.4, -0.2) is 70.6 Å². The summed E-state index contributed by atoms with van der Waals surface area (Å²) in [4.78, 5) is 48.6. The molecule has 9 nitrogen and oxygen atoms in total. The third kappa shape index (κ3) is 7.27. The summed E-state index contributed by atoms with van der Waals surface area (Å²) in [5.74, 6) is -1.20. The number of carbonyl (C=O) groups excluding carboxylic acids is 3. The molecule has 3 N–H and O–H groups in total. The number of aromatic amines is 1. The molecule has 0 aliphatic carbocycles. The van der Waals surface area contributed by atoms with Crippen molar-refractivity contribution in [3.63, 3.8) is 0 Å². The zero-order valence-corrected chi connectivity index (χ0v) is 23.7. The first-order chi connectivity index (χ1) is 20.5. The molecule has 0 bridgehead atoms. The monoisotopic (exact) mass is 592 g/mol. The number of nitrogens with zero attached hydrogens (tertiary/aromatic N) is 3. The molecule has 2 aromatic carbocycles. The fraction of sp³-hybridized carbons (Fsp3) is 0.290. The van der Waals surface area contributed by atoms with E-state index in [-0.39, 0.29) is 30.0 Å². The lowest BCUT2D eigenvalue weighted by atomic mass is 10.0. The minimum atomic E-state index is -4.60. The van der Waals surface area contributed by atoms with Gasteiger partial charge in [-0.25, -0.2) is 4.98 Å². The van der Waals surface area contributed by atoms with Crippen LogP contribution < -0.4 is 10.6 Å². The number of carbonyl (C=O) groups is 3. The van der Waals surface area contributed by atoms with Crippen molar-refractivity contribution in [1.29, 1.82) is 0 Å². The zero-order chi connectivity index (χ0) is 30.7. The van der Waals surface area contributed by atoms with Gasteiger partial charge in [-0.2, -0.15) is 13.2 Å². The first kappa shape index (κ1) is 29.9. The van der Waals surface area contributed by atoms with E-state index in [0.29, 0.717) is 46.6 Å². The number of hydrogen-bond acceptors (Lipinski definition) is 6. The smallest absolute Gasteiger partial charge is 0.348 e. The third-order valence-corrected chi connectivity index (χ3v) is 7.42. The molecule has 43 heavy (non-hydrogen) atoms. The van der Waals surface area contributed by atoms with Crippen molar-refractivity contribution in [2.75, 3.05) is 38.5 Å². The maximum Gasteiger partial charge on any atom is 0.416 e. The minimum absolute atomic E-state index is 0.00897. The van der Waals surface area contributed by atoms with Crippen LogP contribution in [-0.2, 0) is 19.3 Å². The predicted molar refractivity (Wildman–Crippen MR) is 156 cm³/mol. The molecule has 1 saturated heterocycles. The maximum atomic E-state index is 13.9. The van der Waals surface area contributed by atoms with Crippen molar-refractivity contribution < 1.29 is 27.6 Å². The summed E-state index contributed by atoms with van der Waals surface area (Å²) in [6.07, 6.45) is -3.13. The summed E-state index contributed by atoms with van der Waals surface area (Å²) in [6.45, 7) is 4.53. The van der Waals surface area contributed by atoms with E-state index < -0.39 is 23.6 Å². The van der Waals surface area contributed by atoms with Gasteiger partial charge in [0.1, 0.15) is 5.65 Å². The molecule has 12 heteroatoms. The summed E-state index contributed by atoms with van der Waals surface area (Å²) in [5.41, 5.74) is 1.50. The molecule has 1 aliphatic rings. The van der Waals surface area contributed by atoms with E-state index in [0.717, 1.165) is 19.2 Å². The highest BCUT2D eigenvalue weighted by molar-refractivity contribution is 6.05. The van der Waals surface area contributed by atoms with E-state index in [2.05, 4.69) is 25.5 Å². The number of pyridine rings is 1. The third-order valence-electron chi connectivity index (χ3n) is 7.42. The van der Waals surface area contributed by atoms with Gasteiger partial charge in [0, 0.05) is 62.7 Å². The van der Waals surface area contributed by atoms with Crippen molar-refractivity contribution in [1.82, 2.24) is 25.1 Å². The molecule has 2 aromatic heterocycles. The quantitative estimate of drug-likeness (QED) is 0.256. The number of nitrogens with one attached hydrogen (secondary N) is 3. The van der Waals surface area contributed by atoms with Gasteiger partial charge in [0.2, 0.25) is 0 Å². The fourth-order valence-corrected chi connectivity index (χ4v) is 4.95. The number of benzene rings is 2. The number of fused-ring (bicyclic) bond motifs is 1. The standard InChI is InChI=1S/C31H31F3N6O3/c1-19(41)27-15-24-13-25(17-35-28(24)38-27)37-30(43)21-5-3-4-20(12-21)16-36-29(42)22-6-7-23(26(14-22)31(32,33)34)18-40-10-8-39(2)9-11-40/h3-7,12-15,17H,8-11,16,18H2,1-2H3,(H,35,38)(H,36,42)(H,37,43). The molecule has 3 heterocycles. The Kier molecular flexibility index (Phi) is 8.60. The van der Waals surface area contributed by atoms with Crippen LogP contribution in [0.3, 0.4) is 0 Å². The van der Waals surface area contributed by atoms with Crippen LogP contribution in [0.25, 0.3) is 11.0 Å². The number of ketones is 1. The summed E-state index contributed by atoms with van der Waals surface area (Å²) >= 11 is 0. The lowest BCUT2D eigenvalue weighted by molar-refractivity contribution is -0.138. The van der Waals surface area contributed by atoms with Crippen LogP contribution in [0.5, 0.6) is 0 Å². The van der Waals surface area contributed by atoms with Crippen molar-refractivity contribution >= 4 is 34.3 Å². The summed E-state index contributed by atoms with van der Waals surface area (Å²) in [5, 5.41) is 6.08. The molecule has 2 amide bonds. The van der Waals surface area contributed by atoms with Crippen molar-refractivity contribution in [3.8, 4) is 0 Å². The summed E-state index contributed by atoms with van der Waals surface area (Å²) < 4.78 is 41.8. The van der Waals surface area contributed by atoms with E-state index in [4.69, 9.17) is 0 Å². The van der Waals surface area contributed by atoms with E-state index in [1.807, 2.05) is 11.9 Å². The van der Waals surface area contributed by atoms with E-state index in [1.165, 1.54) is 25.3 Å². The second-order valence-corrected chi connectivity index (χ2v) is 10.7. The lowest BCUT2D eigenvalue weighted by Crippen LogP contribution is -2.44. The summed E-state index contributed by atoms with van der Waals surface area (Å²) in [7, 11) is 1.98. The Bertz CT molecular complexity index is 1680. The number of rotatable bonds is 8. The topological polar surface area (TPSA) is 110 Å². The number of likely N-dealkylation sites (N-methyl/N-ethyl adjacent to an activating group) is 1. The van der Waals surface area contributed by atoms with Crippen LogP contribution in [0.15, 0.2) is 60.8 Å². The normalized spacial score (nSPS) is 14.5. The number of aromatic nitrogens is 2. The SMILES string of the molecule is CC(=O)c1cc2cc(NC(=O)c3cccc(CNC(=O)c4ccc(CN5CCN(C)CC5)c(C(F)(F)F)c4)c3)cnc2[nH]1. The average molecular weight is 593 g/mol. The largest absolute Gasteiger partial charge is 0.416 e. The number of halogens is 3. The first-order valence-electron chi connectivity index (χ1n) is 13.8. The van der Waals surface area contributed by atoms with Gasteiger partial charge in [-0.15, -0.1) is 0 Å². The Labute approximate surface area is 246 Å². The zero-order valence-electron chi connectivity index (χ0n) is 23.7. The number of Topliss-reactive ketones (excluding diaryl/α,β-unsaturated/α-hetero) is 1. The van der Waals surface area contributed by atoms with Crippen molar-refractivity contribution in [3.05, 3.63) is 94.3 Å². The van der Waals surface area contributed by atoms with Crippen LogP contribution in [0.2, 0.25) is 0 Å². The number of amides is 2. The first-order valence-corrected chi connectivity index (χ1v) is 13.8. The van der Waals surface area contributed by atoms with Crippen LogP contribution in [0.4, 0.5) is 18.9 Å². The maximum absolute atomic E-state index is 13.9. The Hall–Kier alpha value is -4.55. The van der Waals surface area contributed by atoms with E-state index in [1.54, 1.807) is 36.4 Å². The molecule has 1 fully saturated rings. The Morgan fingerprint density at radius 3 is 2.42 bits per heavy atom. The molecule has 5 rings (SSSR count). The van der Waals surface area contributed by atoms with Crippen LogP contribution >= 0.6 is 0 Å². The van der Waals surface area contributed by atoms with Crippen LogP contribution in [0.1, 0.15) is 54.8 Å². The molecular formula is C31H31F3N6O3. The second kappa shape index (κ2) is 12.4. The average Bonchev–Trinajstić information content (AvgIpc) is 3.41. The number of piperazine rings is 1. The second-order valence-electron chi connectivity index (χ2n) is 10.7. The number of hydrogen-bond donors (Lipinski definition) is 3. The Morgan fingerprint density at radius 1 is 0.953 bits per heavy atom.